The summed E-state index contributed by atoms with van der Waals surface area (Å²) in [4.78, 5) is 4.30. The van der Waals surface area contributed by atoms with Gasteiger partial charge >= 0.3 is 16.5 Å². The molecule has 0 atom stereocenters. The normalized spacial score (nSPS) is 12.5. The molecule has 0 radical (unpaired) electrons. The number of hydrogen-bond acceptors (Lipinski definition) is 3. The minimum atomic E-state index is -4.79. The van der Waals surface area contributed by atoms with Gasteiger partial charge in [0.15, 0.2) is 0 Å². The Bertz CT molecular complexity index is 500. The van der Waals surface area contributed by atoms with E-state index in [0.29, 0.717) is 6.07 Å². The number of hydrogen-bond donors (Lipinski definition) is 1. The molecular formula is C8H8F3NO4S. The van der Waals surface area contributed by atoms with Crippen LogP contribution in [0.5, 0.6) is 0 Å². The van der Waals surface area contributed by atoms with Gasteiger partial charge in [0.05, 0.1) is 18.4 Å². The highest BCUT2D eigenvalue weighted by atomic mass is 32.2. The van der Waals surface area contributed by atoms with Gasteiger partial charge in [0.1, 0.15) is 0 Å². The first-order valence-corrected chi connectivity index (χ1v) is 5.55. The van der Waals surface area contributed by atoms with Gasteiger partial charge in [-0.1, -0.05) is 6.07 Å². The van der Waals surface area contributed by atoms with E-state index in [2.05, 4.69) is 4.84 Å². The van der Waals surface area contributed by atoms with Gasteiger partial charge in [-0.2, -0.15) is 21.6 Å². The fourth-order valence-electron chi connectivity index (χ4n) is 1.13. The Hall–Kier alpha value is -1.32. The summed E-state index contributed by atoms with van der Waals surface area (Å²) in [5.41, 5.74) is -1.51. The number of alkyl halides is 3. The molecule has 1 aromatic rings. The number of halogens is 3. The summed E-state index contributed by atoms with van der Waals surface area (Å²) >= 11 is 0. The molecular weight excluding hydrogens is 263 g/mol. The number of benzene rings is 1. The lowest BCUT2D eigenvalue weighted by molar-refractivity contribution is -0.137. The van der Waals surface area contributed by atoms with E-state index in [1.165, 1.54) is 0 Å². The van der Waals surface area contributed by atoms with Crippen LogP contribution < -0.4 is 4.47 Å². The summed E-state index contributed by atoms with van der Waals surface area (Å²) in [5, 5.41) is 0. The molecule has 0 heterocycles. The third kappa shape index (κ3) is 3.32. The molecule has 0 bridgehead atoms. The van der Waals surface area contributed by atoms with Gasteiger partial charge in [-0.05, 0) is 18.2 Å². The second-order valence-corrected chi connectivity index (χ2v) is 4.16. The smallest absolute Gasteiger partial charge is 0.267 e. The third-order valence-electron chi connectivity index (χ3n) is 1.76. The standard InChI is InChI=1S/C8H8F3NO4S/c1-16-12(17(13,14)15)7-4-2-3-6(5-7)8(9,10)11/h2-5H,1H3,(H,13,14,15). The first-order chi connectivity index (χ1) is 7.66. The van der Waals surface area contributed by atoms with Crippen molar-refractivity contribution in [3.63, 3.8) is 0 Å². The molecule has 0 aromatic heterocycles. The van der Waals surface area contributed by atoms with Gasteiger partial charge in [0.2, 0.25) is 0 Å². The van der Waals surface area contributed by atoms with Crippen LogP contribution in [-0.4, -0.2) is 20.1 Å². The average molecular weight is 271 g/mol. The Morgan fingerprint density at radius 3 is 2.35 bits per heavy atom. The van der Waals surface area contributed by atoms with E-state index in [9.17, 15) is 21.6 Å². The highest BCUT2D eigenvalue weighted by Crippen LogP contribution is 2.32. The van der Waals surface area contributed by atoms with E-state index in [-0.39, 0.29) is 4.47 Å². The van der Waals surface area contributed by atoms with Gasteiger partial charge in [0, 0.05) is 0 Å². The maximum absolute atomic E-state index is 12.4. The predicted octanol–water partition coefficient (Wildman–Crippen LogP) is 1.88. The average Bonchev–Trinajstić information content (AvgIpc) is 2.15. The van der Waals surface area contributed by atoms with Crippen LogP contribution in [0.15, 0.2) is 24.3 Å². The van der Waals surface area contributed by atoms with Gasteiger partial charge in [0.25, 0.3) is 0 Å². The molecule has 5 nitrogen and oxygen atoms in total. The molecule has 0 amide bonds. The molecule has 17 heavy (non-hydrogen) atoms. The van der Waals surface area contributed by atoms with Crippen LogP contribution in [0.4, 0.5) is 18.9 Å². The molecule has 1 N–H and O–H groups in total. The van der Waals surface area contributed by atoms with Gasteiger partial charge in [-0.15, -0.1) is 4.47 Å². The minimum absolute atomic E-state index is 0.0256. The van der Waals surface area contributed by atoms with Crippen molar-refractivity contribution in [2.24, 2.45) is 0 Å². The first kappa shape index (κ1) is 13.7. The van der Waals surface area contributed by atoms with Gasteiger partial charge in [-0.25, -0.2) is 0 Å². The Morgan fingerprint density at radius 2 is 1.94 bits per heavy atom. The summed E-state index contributed by atoms with van der Waals surface area (Å²) in [5.74, 6) is 0. The van der Waals surface area contributed by atoms with Crippen molar-refractivity contribution < 1.29 is 31.0 Å². The van der Waals surface area contributed by atoms with E-state index in [1.807, 2.05) is 0 Å². The summed E-state index contributed by atoms with van der Waals surface area (Å²) < 4.78 is 67.4. The highest BCUT2D eigenvalue weighted by molar-refractivity contribution is 7.87. The van der Waals surface area contributed by atoms with Crippen molar-refractivity contribution in [3.8, 4) is 0 Å². The van der Waals surface area contributed by atoms with Crippen molar-refractivity contribution in [3.05, 3.63) is 29.8 Å². The highest BCUT2D eigenvalue weighted by Gasteiger charge is 2.31. The molecule has 1 rings (SSSR count). The van der Waals surface area contributed by atoms with E-state index in [4.69, 9.17) is 4.55 Å². The Labute approximate surface area is 95.2 Å². The molecule has 0 aliphatic carbocycles. The van der Waals surface area contributed by atoms with E-state index in [0.717, 1.165) is 25.3 Å². The van der Waals surface area contributed by atoms with Gasteiger partial charge < -0.3 is 0 Å². The van der Waals surface area contributed by atoms with E-state index >= 15 is 0 Å². The van der Waals surface area contributed by atoms with Crippen LogP contribution in [0.25, 0.3) is 0 Å². The van der Waals surface area contributed by atoms with Gasteiger partial charge in [-0.3, -0.25) is 9.39 Å². The number of nitrogens with zero attached hydrogens (tertiary/aromatic N) is 1. The second kappa shape index (κ2) is 4.51. The Balaban J connectivity index is 3.24. The van der Waals surface area contributed by atoms with Crippen LogP contribution in [0.1, 0.15) is 5.56 Å². The zero-order valence-electron chi connectivity index (χ0n) is 8.47. The largest absolute Gasteiger partial charge is 0.416 e. The van der Waals surface area contributed by atoms with Crippen LogP contribution in [0.2, 0.25) is 0 Å². The molecule has 0 spiro atoms. The van der Waals surface area contributed by atoms with E-state index < -0.39 is 27.7 Å². The minimum Gasteiger partial charge on any atom is -0.267 e. The summed E-state index contributed by atoms with van der Waals surface area (Å²) in [6.45, 7) is 0. The fraction of sp³-hybridized carbons (Fsp3) is 0.250. The van der Waals surface area contributed by atoms with Crippen LogP contribution in [0, 0.1) is 0 Å². The van der Waals surface area contributed by atoms with Crippen molar-refractivity contribution in [1.29, 1.82) is 0 Å². The number of anilines is 1. The quantitative estimate of drug-likeness (QED) is 0.673. The molecule has 1 aromatic carbocycles. The molecule has 9 heteroatoms. The Morgan fingerprint density at radius 1 is 1.35 bits per heavy atom. The predicted molar refractivity (Wildman–Crippen MR) is 52.5 cm³/mol. The maximum Gasteiger partial charge on any atom is 0.416 e. The molecule has 0 aliphatic heterocycles. The second-order valence-electron chi connectivity index (χ2n) is 2.94. The number of rotatable bonds is 3. The SMILES string of the molecule is CON(c1cccc(C(F)(F)F)c1)S(=O)(=O)O. The lowest BCUT2D eigenvalue weighted by Gasteiger charge is -2.18. The summed E-state index contributed by atoms with van der Waals surface area (Å²) in [6.07, 6.45) is -4.62. The molecule has 0 fully saturated rings. The zero-order valence-corrected chi connectivity index (χ0v) is 9.29. The first-order valence-electron chi connectivity index (χ1n) is 4.15. The van der Waals surface area contributed by atoms with Crippen molar-refractivity contribution in [2.45, 2.75) is 6.18 Å². The third-order valence-corrected chi connectivity index (χ3v) is 2.54. The van der Waals surface area contributed by atoms with E-state index in [1.54, 1.807) is 0 Å². The fourth-order valence-corrected chi connectivity index (χ4v) is 1.70. The van der Waals surface area contributed by atoms with Crippen LogP contribution in [-0.2, 0) is 21.3 Å². The molecule has 0 unspecified atom stereocenters. The van der Waals surface area contributed by atoms with Crippen LogP contribution in [0.3, 0.4) is 0 Å². The summed E-state index contributed by atoms with van der Waals surface area (Å²) in [7, 11) is -3.89. The topological polar surface area (TPSA) is 66.8 Å². The molecule has 0 aliphatic rings. The van der Waals surface area contributed by atoms with Crippen molar-refractivity contribution in [2.75, 3.05) is 11.6 Å². The molecule has 96 valence electrons. The van der Waals surface area contributed by atoms with Crippen molar-refractivity contribution >= 4 is 16.0 Å². The zero-order chi connectivity index (χ0) is 13.3. The van der Waals surface area contributed by atoms with Crippen molar-refractivity contribution in [1.82, 2.24) is 0 Å². The maximum atomic E-state index is 12.4. The Kier molecular flexibility index (Phi) is 3.65. The lowest BCUT2D eigenvalue weighted by atomic mass is 10.2. The molecule has 0 saturated carbocycles. The van der Waals surface area contributed by atoms with Crippen LogP contribution >= 0.6 is 0 Å². The lowest BCUT2D eigenvalue weighted by Crippen LogP contribution is -2.29. The molecule has 0 saturated heterocycles. The monoisotopic (exact) mass is 271 g/mol. The summed E-state index contributed by atoms with van der Waals surface area (Å²) in [6, 6.07) is 3.35.